The fraction of sp³-hybridized carbons (Fsp3) is 0.267. The van der Waals surface area contributed by atoms with Crippen LogP contribution in [0, 0.1) is 6.92 Å². The zero-order chi connectivity index (χ0) is 15.5. The van der Waals surface area contributed by atoms with Crippen molar-refractivity contribution in [1.82, 2.24) is 20.0 Å². The van der Waals surface area contributed by atoms with E-state index < -0.39 is 0 Å². The fourth-order valence-corrected chi connectivity index (χ4v) is 2.46. The third-order valence-electron chi connectivity index (χ3n) is 3.19. The van der Waals surface area contributed by atoms with Gasteiger partial charge in [0.2, 0.25) is 11.8 Å². The third kappa shape index (κ3) is 3.67. The van der Waals surface area contributed by atoms with E-state index in [1.54, 1.807) is 10.9 Å². The molecule has 0 amide bonds. The van der Waals surface area contributed by atoms with E-state index in [-0.39, 0.29) is 0 Å². The predicted octanol–water partition coefficient (Wildman–Crippen LogP) is 3.71. The molecule has 0 radical (unpaired) electrons. The van der Waals surface area contributed by atoms with Gasteiger partial charge in [-0.25, -0.2) is 0 Å². The lowest BCUT2D eigenvalue weighted by molar-refractivity contribution is 0.438. The summed E-state index contributed by atoms with van der Waals surface area (Å²) in [5, 5.41) is 13.8. The van der Waals surface area contributed by atoms with Gasteiger partial charge >= 0.3 is 0 Å². The molecule has 2 aromatic heterocycles. The van der Waals surface area contributed by atoms with E-state index >= 15 is 0 Å². The predicted molar refractivity (Wildman–Crippen MR) is 84.2 cm³/mol. The van der Waals surface area contributed by atoms with Gasteiger partial charge in [-0.15, -0.1) is 10.2 Å². The molecule has 22 heavy (non-hydrogen) atoms. The highest BCUT2D eigenvalue weighted by atomic mass is 35.5. The van der Waals surface area contributed by atoms with Crippen LogP contribution in [0.4, 0.5) is 0 Å². The average Bonchev–Trinajstić information content (AvgIpc) is 3.04. The smallest absolute Gasteiger partial charge is 0.220 e. The minimum atomic E-state index is 0.570. The Balaban J connectivity index is 1.61. The van der Waals surface area contributed by atoms with E-state index in [0.29, 0.717) is 41.2 Å². The van der Waals surface area contributed by atoms with Gasteiger partial charge < -0.3 is 4.42 Å². The van der Waals surface area contributed by atoms with Crippen molar-refractivity contribution in [3.05, 3.63) is 63.5 Å². The second-order valence-corrected chi connectivity index (χ2v) is 5.82. The highest BCUT2D eigenvalue weighted by Gasteiger charge is 2.09. The van der Waals surface area contributed by atoms with Gasteiger partial charge in [-0.1, -0.05) is 35.3 Å². The highest BCUT2D eigenvalue weighted by molar-refractivity contribution is 6.31. The molecule has 0 saturated carbocycles. The van der Waals surface area contributed by atoms with Crippen LogP contribution in [0.25, 0.3) is 0 Å². The normalized spacial score (nSPS) is 11.0. The van der Waals surface area contributed by atoms with E-state index in [1.165, 1.54) is 0 Å². The first-order valence-corrected chi connectivity index (χ1v) is 7.61. The summed E-state index contributed by atoms with van der Waals surface area (Å²) in [6.07, 6.45) is 2.97. The first-order valence-electron chi connectivity index (χ1n) is 6.85. The van der Waals surface area contributed by atoms with E-state index in [9.17, 15) is 0 Å². The molecule has 1 aromatic carbocycles. The molecule has 114 valence electrons. The maximum absolute atomic E-state index is 5.97. The van der Waals surface area contributed by atoms with E-state index in [4.69, 9.17) is 27.6 Å². The number of hydrogen-bond donors (Lipinski definition) is 0. The maximum Gasteiger partial charge on any atom is 0.220 e. The standard InChI is InChI=1S/C15H14Cl2N4O/c1-10-13(17)9-21(20-10)6-5-14-18-19-15(22-14)8-11-3-2-4-12(16)7-11/h2-4,7,9H,5-6,8H2,1H3. The van der Waals surface area contributed by atoms with Crippen molar-refractivity contribution in [2.24, 2.45) is 0 Å². The monoisotopic (exact) mass is 336 g/mol. The van der Waals surface area contributed by atoms with Gasteiger partial charge in [-0.3, -0.25) is 4.68 Å². The number of aromatic nitrogens is 4. The van der Waals surface area contributed by atoms with Crippen LogP contribution >= 0.6 is 23.2 Å². The molecular formula is C15H14Cl2N4O. The molecule has 3 aromatic rings. The van der Waals surface area contributed by atoms with Crippen molar-refractivity contribution >= 4 is 23.2 Å². The number of nitrogens with zero attached hydrogens (tertiary/aromatic N) is 4. The molecule has 7 heteroatoms. The van der Waals surface area contributed by atoms with Crippen molar-refractivity contribution < 1.29 is 4.42 Å². The van der Waals surface area contributed by atoms with Crippen LogP contribution < -0.4 is 0 Å². The van der Waals surface area contributed by atoms with Gasteiger partial charge in [-0.05, 0) is 24.6 Å². The minimum Gasteiger partial charge on any atom is -0.425 e. The van der Waals surface area contributed by atoms with Crippen molar-refractivity contribution in [2.75, 3.05) is 0 Å². The molecule has 0 aliphatic rings. The van der Waals surface area contributed by atoms with Crippen molar-refractivity contribution in [2.45, 2.75) is 26.3 Å². The Hall–Kier alpha value is -1.85. The molecule has 3 rings (SSSR count). The van der Waals surface area contributed by atoms with Crippen LogP contribution in [0.1, 0.15) is 23.0 Å². The Labute approximate surface area is 137 Å². The quantitative estimate of drug-likeness (QED) is 0.712. The number of rotatable bonds is 5. The highest BCUT2D eigenvalue weighted by Crippen LogP contribution is 2.15. The van der Waals surface area contributed by atoms with Crippen LogP contribution in [-0.2, 0) is 19.4 Å². The van der Waals surface area contributed by atoms with E-state index in [2.05, 4.69) is 15.3 Å². The Morgan fingerprint density at radius 1 is 1.18 bits per heavy atom. The SMILES string of the molecule is Cc1nn(CCc2nnc(Cc3cccc(Cl)c3)o2)cc1Cl. The number of hydrogen-bond acceptors (Lipinski definition) is 4. The average molecular weight is 337 g/mol. The van der Waals surface area contributed by atoms with Gasteiger partial charge in [0, 0.05) is 24.2 Å². The number of aryl methyl sites for hydroxylation is 3. The van der Waals surface area contributed by atoms with Crippen LogP contribution in [0.15, 0.2) is 34.9 Å². The molecule has 0 atom stereocenters. The van der Waals surface area contributed by atoms with Crippen LogP contribution in [-0.4, -0.2) is 20.0 Å². The minimum absolute atomic E-state index is 0.570. The second-order valence-electron chi connectivity index (χ2n) is 4.97. The summed E-state index contributed by atoms with van der Waals surface area (Å²) in [6, 6.07) is 7.60. The first-order chi connectivity index (χ1) is 10.6. The van der Waals surface area contributed by atoms with Gasteiger partial charge in [0.15, 0.2) is 0 Å². The van der Waals surface area contributed by atoms with Crippen molar-refractivity contribution in [1.29, 1.82) is 0 Å². The molecule has 0 aliphatic heterocycles. The maximum atomic E-state index is 5.97. The third-order valence-corrected chi connectivity index (χ3v) is 3.80. The molecule has 0 fully saturated rings. The largest absolute Gasteiger partial charge is 0.425 e. The lowest BCUT2D eigenvalue weighted by Crippen LogP contribution is -2.02. The molecule has 0 aliphatic carbocycles. The topological polar surface area (TPSA) is 56.7 Å². The van der Waals surface area contributed by atoms with E-state index in [0.717, 1.165) is 11.3 Å². The Bertz CT molecular complexity index is 762. The summed E-state index contributed by atoms with van der Waals surface area (Å²) in [4.78, 5) is 0. The lowest BCUT2D eigenvalue weighted by Gasteiger charge is -1.98. The van der Waals surface area contributed by atoms with Crippen molar-refractivity contribution in [3.63, 3.8) is 0 Å². The summed E-state index contributed by atoms with van der Waals surface area (Å²) in [5.41, 5.74) is 1.85. The van der Waals surface area contributed by atoms with Gasteiger partial charge in [0.05, 0.1) is 17.1 Å². The van der Waals surface area contributed by atoms with Crippen LogP contribution in [0.2, 0.25) is 10.0 Å². The van der Waals surface area contributed by atoms with Crippen molar-refractivity contribution in [3.8, 4) is 0 Å². The molecule has 5 nitrogen and oxygen atoms in total. The van der Waals surface area contributed by atoms with Gasteiger partial charge in [-0.2, -0.15) is 5.10 Å². The molecule has 0 unspecified atom stereocenters. The van der Waals surface area contributed by atoms with Gasteiger partial charge in [0.25, 0.3) is 0 Å². The van der Waals surface area contributed by atoms with E-state index in [1.807, 2.05) is 31.2 Å². The fourth-order valence-electron chi connectivity index (χ4n) is 2.10. The Morgan fingerprint density at radius 2 is 2.00 bits per heavy atom. The zero-order valence-electron chi connectivity index (χ0n) is 12.0. The van der Waals surface area contributed by atoms with Crippen LogP contribution in [0.5, 0.6) is 0 Å². The van der Waals surface area contributed by atoms with Gasteiger partial charge in [0.1, 0.15) is 0 Å². The zero-order valence-corrected chi connectivity index (χ0v) is 13.5. The number of benzene rings is 1. The Morgan fingerprint density at radius 3 is 2.73 bits per heavy atom. The summed E-state index contributed by atoms with van der Waals surface area (Å²) in [6.45, 7) is 2.51. The summed E-state index contributed by atoms with van der Waals surface area (Å²) >= 11 is 11.9. The molecular weight excluding hydrogens is 323 g/mol. The lowest BCUT2D eigenvalue weighted by atomic mass is 10.1. The molecule has 0 bridgehead atoms. The van der Waals surface area contributed by atoms with Crippen LogP contribution in [0.3, 0.4) is 0 Å². The number of halogens is 2. The second kappa shape index (κ2) is 6.50. The summed E-state index contributed by atoms with van der Waals surface area (Å²) < 4.78 is 7.42. The Kier molecular flexibility index (Phi) is 4.45. The summed E-state index contributed by atoms with van der Waals surface area (Å²) in [7, 11) is 0. The first kappa shape index (κ1) is 15.1. The molecule has 0 N–H and O–H groups in total. The molecule has 2 heterocycles. The molecule has 0 spiro atoms. The summed E-state index contributed by atoms with van der Waals surface area (Å²) in [5.74, 6) is 1.16. The molecule has 0 saturated heterocycles.